The average Bonchev–Trinajstić information content (AvgIpc) is 3.12. The summed E-state index contributed by atoms with van der Waals surface area (Å²) in [6.45, 7) is 3.01. The van der Waals surface area contributed by atoms with Crippen LogP contribution in [-0.4, -0.2) is 30.8 Å². The summed E-state index contributed by atoms with van der Waals surface area (Å²) >= 11 is 5.72. The van der Waals surface area contributed by atoms with Crippen LogP contribution in [0.5, 0.6) is 11.5 Å². The molecule has 4 nitrogen and oxygen atoms in total. The molecule has 1 aliphatic heterocycles. The molecule has 0 aromatic heterocycles. The largest absolute Gasteiger partial charge is 0.497 e. The summed E-state index contributed by atoms with van der Waals surface area (Å²) in [5.74, 6) is 1.71. The fraction of sp³-hybridized carbons (Fsp3) is 0.350. The van der Waals surface area contributed by atoms with Gasteiger partial charge in [0.1, 0.15) is 11.5 Å². The Labute approximate surface area is 154 Å². The standard InChI is InChI=1S/C20H24N2O2S/c1-14-7-4-5-8-17(14)21-20(25)22-12-6-9-18(22)16-13-15(23-2)10-11-19(16)24-3/h4-5,7-8,10-11,13,18H,6,9,12H2,1-3H3,(H,21,25)/t18-/m0/s1. The van der Waals surface area contributed by atoms with Gasteiger partial charge >= 0.3 is 0 Å². The van der Waals surface area contributed by atoms with Gasteiger partial charge in [0.05, 0.1) is 20.3 Å². The summed E-state index contributed by atoms with van der Waals surface area (Å²) in [5.41, 5.74) is 3.35. The van der Waals surface area contributed by atoms with Gasteiger partial charge in [-0.1, -0.05) is 18.2 Å². The van der Waals surface area contributed by atoms with Gasteiger partial charge < -0.3 is 19.7 Å². The summed E-state index contributed by atoms with van der Waals surface area (Å²) in [5, 5.41) is 4.15. The minimum atomic E-state index is 0.189. The van der Waals surface area contributed by atoms with Gasteiger partial charge in [-0.2, -0.15) is 0 Å². The van der Waals surface area contributed by atoms with E-state index in [2.05, 4.69) is 35.3 Å². The Morgan fingerprint density at radius 1 is 1.16 bits per heavy atom. The number of aryl methyl sites for hydroxylation is 1. The number of benzene rings is 2. The van der Waals surface area contributed by atoms with E-state index in [1.807, 2.05) is 24.3 Å². The molecule has 1 aliphatic rings. The highest BCUT2D eigenvalue weighted by atomic mass is 32.1. The van der Waals surface area contributed by atoms with Crippen LogP contribution in [0.3, 0.4) is 0 Å². The second-order valence-corrected chi connectivity index (χ2v) is 6.59. The first-order valence-corrected chi connectivity index (χ1v) is 8.90. The monoisotopic (exact) mass is 356 g/mol. The molecule has 1 N–H and O–H groups in total. The van der Waals surface area contributed by atoms with Crippen LogP contribution in [0.15, 0.2) is 42.5 Å². The minimum absolute atomic E-state index is 0.189. The van der Waals surface area contributed by atoms with Crippen LogP contribution in [0.25, 0.3) is 0 Å². The maximum absolute atomic E-state index is 5.72. The van der Waals surface area contributed by atoms with E-state index >= 15 is 0 Å². The normalized spacial score (nSPS) is 16.6. The van der Waals surface area contributed by atoms with Crippen molar-refractivity contribution in [3.8, 4) is 11.5 Å². The fourth-order valence-electron chi connectivity index (χ4n) is 3.33. The molecule has 1 saturated heterocycles. The number of hydrogen-bond donors (Lipinski definition) is 1. The van der Waals surface area contributed by atoms with Crippen LogP contribution in [0.4, 0.5) is 5.69 Å². The van der Waals surface area contributed by atoms with Crippen molar-refractivity contribution in [1.82, 2.24) is 4.90 Å². The summed E-state index contributed by atoms with van der Waals surface area (Å²) in [7, 11) is 3.39. The highest BCUT2D eigenvalue weighted by Crippen LogP contribution is 2.39. The lowest BCUT2D eigenvalue weighted by molar-refractivity contribution is 0.362. The molecular formula is C20H24N2O2S. The number of likely N-dealkylation sites (tertiary alicyclic amines) is 1. The molecule has 2 aromatic rings. The van der Waals surface area contributed by atoms with Crippen molar-refractivity contribution in [3.63, 3.8) is 0 Å². The zero-order valence-electron chi connectivity index (χ0n) is 14.9. The summed E-state index contributed by atoms with van der Waals surface area (Å²) < 4.78 is 11.0. The molecule has 3 rings (SSSR count). The van der Waals surface area contributed by atoms with Gasteiger partial charge in [0.15, 0.2) is 5.11 Å². The van der Waals surface area contributed by atoms with E-state index in [4.69, 9.17) is 21.7 Å². The number of hydrogen-bond acceptors (Lipinski definition) is 3. The number of nitrogens with zero attached hydrogens (tertiary/aromatic N) is 1. The summed E-state index contributed by atoms with van der Waals surface area (Å²) in [6, 6.07) is 14.3. The summed E-state index contributed by atoms with van der Waals surface area (Å²) in [6.07, 6.45) is 2.14. The molecule has 0 bridgehead atoms. The number of ether oxygens (including phenoxy) is 2. The summed E-state index contributed by atoms with van der Waals surface area (Å²) in [4.78, 5) is 2.25. The van der Waals surface area contributed by atoms with Crippen molar-refractivity contribution in [2.75, 3.05) is 26.1 Å². The quantitative estimate of drug-likeness (QED) is 0.813. The molecule has 5 heteroatoms. The van der Waals surface area contributed by atoms with E-state index in [0.717, 1.165) is 47.2 Å². The van der Waals surface area contributed by atoms with Gasteiger partial charge in [0.25, 0.3) is 0 Å². The Bertz CT molecular complexity index is 763. The number of thiocarbonyl (C=S) groups is 1. The second-order valence-electron chi connectivity index (χ2n) is 6.20. The predicted octanol–water partition coefficient (Wildman–Crippen LogP) is 4.55. The van der Waals surface area contributed by atoms with Gasteiger partial charge in [-0.05, 0) is 61.8 Å². The molecule has 0 saturated carbocycles. The number of methoxy groups -OCH3 is 2. The Kier molecular flexibility index (Phi) is 5.43. The van der Waals surface area contributed by atoms with E-state index in [9.17, 15) is 0 Å². The molecule has 0 unspecified atom stereocenters. The highest BCUT2D eigenvalue weighted by molar-refractivity contribution is 7.80. The first-order valence-electron chi connectivity index (χ1n) is 8.49. The molecule has 1 heterocycles. The van der Waals surface area contributed by atoms with Crippen LogP contribution >= 0.6 is 12.2 Å². The van der Waals surface area contributed by atoms with Crippen LogP contribution in [-0.2, 0) is 0 Å². The lowest BCUT2D eigenvalue weighted by Crippen LogP contribution is -2.34. The number of nitrogens with one attached hydrogen (secondary N) is 1. The third kappa shape index (κ3) is 3.71. The average molecular weight is 356 g/mol. The van der Waals surface area contributed by atoms with Gasteiger partial charge in [0, 0.05) is 17.8 Å². The molecule has 0 spiro atoms. The van der Waals surface area contributed by atoms with Gasteiger partial charge in [0.2, 0.25) is 0 Å². The highest BCUT2D eigenvalue weighted by Gasteiger charge is 2.30. The Hall–Kier alpha value is -2.27. The maximum atomic E-state index is 5.72. The molecule has 1 fully saturated rings. The second kappa shape index (κ2) is 7.74. The Balaban J connectivity index is 1.85. The zero-order chi connectivity index (χ0) is 17.8. The molecule has 132 valence electrons. The molecule has 1 atom stereocenters. The number of anilines is 1. The van der Waals surface area contributed by atoms with E-state index < -0.39 is 0 Å². The lowest BCUT2D eigenvalue weighted by Gasteiger charge is -2.29. The zero-order valence-corrected chi connectivity index (χ0v) is 15.7. The van der Waals surface area contributed by atoms with Gasteiger partial charge in [-0.15, -0.1) is 0 Å². The smallest absolute Gasteiger partial charge is 0.173 e. The molecule has 2 aromatic carbocycles. The van der Waals surface area contributed by atoms with Gasteiger partial charge in [-0.3, -0.25) is 0 Å². The van der Waals surface area contributed by atoms with Crippen molar-refractivity contribution >= 4 is 23.0 Å². The Morgan fingerprint density at radius 2 is 1.96 bits per heavy atom. The third-order valence-corrected chi connectivity index (χ3v) is 5.03. The van der Waals surface area contributed by atoms with E-state index in [1.54, 1.807) is 14.2 Å². The maximum Gasteiger partial charge on any atom is 0.173 e. The van der Waals surface area contributed by atoms with Crippen LogP contribution in [0.2, 0.25) is 0 Å². The number of para-hydroxylation sites is 1. The lowest BCUT2D eigenvalue weighted by atomic mass is 10.0. The topological polar surface area (TPSA) is 33.7 Å². The van der Waals surface area contributed by atoms with E-state index in [0.29, 0.717) is 0 Å². The first kappa shape index (κ1) is 17.5. The predicted molar refractivity (Wildman–Crippen MR) is 106 cm³/mol. The minimum Gasteiger partial charge on any atom is -0.497 e. The van der Waals surface area contributed by atoms with Crippen LogP contribution < -0.4 is 14.8 Å². The van der Waals surface area contributed by atoms with Gasteiger partial charge in [-0.25, -0.2) is 0 Å². The fourth-order valence-corrected chi connectivity index (χ4v) is 3.66. The van der Waals surface area contributed by atoms with Crippen LogP contribution in [0, 0.1) is 6.92 Å². The molecular weight excluding hydrogens is 332 g/mol. The molecule has 0 radical (unpaired) electrons. The van der Waals surface area contributed by atoms with Crippen molar-refractivity contribution < 1.29 is 9.47 Å². The van der Waals surface area contributed by atoms with E-state index in [-0.39, 0.29) is 6.04 Å². The molecule has 0 aliphatic carbocycles. The third-order valence-electron chi connectivity index (χ3n) is 4.70. The van der Waals surface area contributed by atoms with Crippen molar-refractivity contribution in [1.29, 1.82) is 0 Å². The molecule has 0 amide bonds. The first-order chi connectivity index (χ1) is 12.1. The van der Waals surface area contributed by atoms with Crippen molar-refractivity contribution in [2.45, 2.75) is 25.8 Å². The molecule has 25 heavy (non-hydrogen) atoms. The number of rotatable bonds is 4. The van der Waals surface area contributed by atoms with Crippen LogP contribution in [0.1, 0.15) is 30.0 Å². The van der Waals surface area contributed by atoms with Crippen molar-refractivity contribution in [3.05, 3.63) is 53.6 Å². The van der Waals surface area contributed by atoms with E-state index in [1.165, 1.54) is 5.56 Å². The Morgan fingerprint density at radius 3 is 2.68 bits per heavy atom. The SMILES string of the molecule is COc1ccc(OC)c([C@@H]2CCCN2C(=S)Nc2ccccc2C)c1. The van der Waals surface area contributed by atoms with Crippen molar-refractivity contribution in [2.24, 2.45) is 0 Å².